The zero-order valence-corrected chi connectivity index (χ0v) is 15.3. The number of hydrogen-bond donors (Lipinski definition) is 3. The van der Waals surface area contributed by atoms with Crippen molar-refractivity contribution in [1.82, 2.24) is 15.0 Å². The molecule has 1 aliphatic heterocycles. The zero-order chi connectivity index (χ0) is 18.0. The van der Waals surface area contributed by atoms with Crippen LogP contribution in [0.15, 0.2) is 30.6 Å². The number of nitrogens with zero attached hydrogens (tertiary/aromatic N) is 3. The van der Waals surface area contributed by atoms with Crippen LogP contribution in [0.5, 0.6) is 0 Å². The molecular weight excluding hydrogens is 326 g/mol. The third-order valence-corrected chi connectivity index (χ3v) is 4.73. The van der Waals surface area contributed by atoms with Gasteiger partial charge in [-0.25, -0.2) is 4.98 Å². The normalized spacial score (nSPS) is 20.0. The van der Waals surface area contributed by atoms with Crippen LogP contribution in [0.25, 0.3) is 11.3 Å². The van der Waals surface area contributed by atoms with Crippen molar-refractivity contribution < 1.29 is 5.11 Å². The number of hydrogen-bond acceptors (Lipinski definition) is 6. The molecule has 6 nitrogen and oxygen atoms in total. The van der Waals surface area contributed by atoms with E-state index in [2.05, 4.69) is 25.6 Å². The van der Waals surface area contributed by atoms with Gasteiger partial charge in [0.05, 0.1) is 17.4 Å². The summed E-state index contributed by atoms with van der Waals surface area (Å²) >= 11 is 0. The van der Waals surface area contributed by atoms with Crippen LogP contribution in [0.2, 0.25) is 0 Å². The molecule has 2 aromatic rings. The summed E-state index contributed by atoms with van der Waals surface area (Å²) in [5.74, 6) is 1.48. The molecule has 0 saturated heterocycles. The largest absolute Gasteiger partial charge is 0.393 e. The van der Waals surface area contributed by atoms with Gasteiger partial charge in [-0.15, -0.1) is 0 Å². The topological polar surface area (TPSA) is 83.0 Å². The van der Waals surface area contributed by atoms with Gasteiger partial charge < -0.3 is 15.7 Å². The van der Waals surface area contributed by atoms with Crippen LogP contribution in [0, 0.1) is 0 Å². The van der Waals surface area contributed by atoms with Crippen molar-refractivity contribution in [1.29, 1.82) is 0 Å². The van der Waals surface area contributed by atoms with Crippen molar-refractivity contribution in [3.05, 3.63) is 30.6 Å². The van der Waals surface area contributed by atoms with Gasteiger partial charge in [0.15, 0.2) is 0 Å². The molecule has 0 saturated carbocycles. The second-order valence-corrected chi connectivity index (χ2v) is 6.88. The molecule has 2 bridgehead atoms. The van der Waals surface area contributed by atoms with Gasteiger partial charge in [0.25, 0.3) is 0 Å². The number of pyridine rings is 1. The summed E-state index contributed by atoms with van der Waals surface area (Å²) in [4.78, 5) is 13.6. The number of aromatic nitrogens is 3. The van der Waals surface area contributed by atoms with Crippen molar-refractivity contribution in [3.63, 3.8) is 0 Å². The van der Waals surface area contributed by atoms with Gasteiger partial charge in [0, 0.05) is 25.5 Å². The van der Waals surface area contributed by atoms with E-state index >= 15 is 0 Å². The number of anilines is 2. The molecule has 0 fully saturated rings. The highest BCUT2D eigenvalue weighted by atomic mass is 16.3. The Hall–Kier alpha value is -2.21. The summed E-state index contributed by atoms with van der Waals surface area (Å²) in [6.07, 6.45) is 11.8. The van der Waals surface area contributed by atoms with Crippen LogP contribution in [-0.4, -0.2) is 39.3 Å². The molecule has 1 aliphatic rings. The Kier molecular flexibility index (Phi) is 7.19. The van der Waals surface area contributed by atoms with Crippen molar-refractivity contribution in [3.8, 4) is 11.3 Å². The lowest BCUT2D eigenvalue weighted by molar-refractivity contribution is 0.147. The molecule has 3 rings (SSSR count). The highest BCUT2D eigenvalue weighted by Gasteiger charge is 2.11. The third-order valence-electron chi connectivity index (χ3n) is 4.73. The Morgan fingerprint density at radius 2 is 1.65 bits per heavy atom. The van der Waals surface area contributed by atoms with Crippen LogP contribution in [-0.2, 0) is 0 Å². The van der Waals surface area contributed by atoms with E-state index < -0.39 is 0 Å². The van der Waals surface area contributed by atoms with Crippen molar-refractivity contribution in [2.75, 3.05) is 23.7 Å². The van der Waals surface area contributed by atoms with Gasteiger partial charge in [0.2, 0.25) is 5.95 Å². The minimum absolute atomic E-state index is 0.143. The summed E-state index contributed by atoms with van der Waals surface area (Å²) in [7, 11) is 0. The molecule has 26 heavy (non-hydrogen) atoms. The number of aliphatic hydroxyl groups is 1. The van der Waals surface area contributed by atoms with E-state index in [1.54, 1.807) is 6.20 Å². The highest BCUT2D eigenvalue weighted by molar-refractivity contribution is 5.72. The lowest BCUT2D eigenvalue weighted by Gasteiger charge is -2.14. The molecule has 1 atom stereocenters. The van der Waals surface area contributed by atoms with Gasteiger partial charge >= 0.3 is 0 Å². The monoisotopic (exact) mass is 355 g/mol. The van der Waals surface area contributed by atoms with Gasteiger partial charge in [0.1, 0.15) is 5.82 Å². The van der Waals surface area contributed by atoms with Crippen LogP contribution in [0.3, 0.4) is 0 Å². The molecule has 3 N–H and O–H groups in total. The van der Waals surface area contributed by atoms with E-state index in [4.69, 9.17) is 0 Å². The minimum Gasteiger partial charge on any atom is -0.393 e. The molecule has 0 aliphatic carbocycles. The molecule has 3 heterocycles. The first kappa shape index (κ1) is 18.6. The lowest BCUT2D eigenvalue weighted by Crippen LogP contribution is -2.12. The number of fused-ring (bicyclic) bond motifs is 2. The van der Waals surface area contributed by atoms with Gasteiger partial charge in [-0.1, -0.05) is 31.7 Å². The predicted octanol–water partition coefficient (Wildman–Crippen LogP) is 3.86. The molecule has 0 radical (unpaired) electrons. The average molecular weight is 355 g/mol. The lowest BCUT2D eigenvalue weighted by atomic mass is 10.0. The summed E-state index contributed by atoms with van der Waals surface area (Å²) in [6, 6.07) is 5.86. The second-order valence-electron chi connectivity index (χ2n) is 6.88. The van der Waals surface area contributed by atoms with Gasteiger partial charge in [-0.2, -0.15) is 4.98 Å². The van der Waals surface area contributed by atoms with E-state index in [0.29, 0.717) is 5.95 Å². The van der Waals surface area contributed by atoms with Gasteiger partial charge in [-0.3, -0.25) is 4.98 Å². The van der Waals surface area contributed by atoms with Crippen LogP contribution >= 0.6 is 0 Å². The fourth-order valence-corrected chi connectivity index (χ4v) is 3.23. The van der Waals surface area contributed by atoms with Crippen LogP contribution in [0.4, 0.5) is 11.8 Å². The Labute approximate surface area is 155 Å². The third kappa shape index (κ3) is 5.66. The molecule has 6 heteroatoms. The Balaban J connectivity index is 1.73. The fraction of sp³-hybridized carbons (Fsp3) is 0.550. The molecule has 0 aromatic carbocycles. The van der Waals surface area contributed by atoms with E-state index in [-0.39, 0.29) is 6.10 Å². The molecule has 0 amide bonds. The van der Waals surface area contributed by atoms with Crippen LogP contribution < -0.4 is 10.6 Å². The fourth-order valence-electron chi connectivity index (χ4n) is 3.23. The first-order valence-electron chi connectivity index (χ1n) is 9.77. The Morgan fingerprint density at radius 3 is 2.38 bits per heavy atom. The average Bonchev–Trinajstić information content (AvgIpc) is 2.67. The molecule has 1 unspecified atom stereocenters. The van der Waals surface area contributed by atoms with E-state index in [1.165, 1.54) is 0 Å². The Bertz CT molecular complexity index is 665. The number of rotatable bonds is 1. The van der Waals surface area contributed by atoms with E-state index in [1.807, 2.05) is 24.4 Å². The maximum absolute atomic E-state index is 10.0. The van der Waals surface area contributed by atoms with Crippen molar-refractivity contribution >= 4 is 11.8 Å². The second kappa shape index (κ2) is 10.1. The maximum atomic E-state index is 10.0. The van der Waals surface area contributed by atoms with Crippen molar-refractivity contribution in [2.45, 2.75) is 57.5 Å². The van der Waals surface area contributed by atoms with Crippen molar-refractivity contribution in [2.24, 2.45) is 0 Å². The summed E-state index contributed by atoms with van der Waals surface area (Å²) in [5.41, 5.74) is 1.80. The van der Waals surface area contributed by atoms with Gasteiger partial charge in [-0.05, 0) is 37.8 Å². The summed E-state index contributed by atoms with van der Waals surface area (Å²) < 4.78 is 0. The zero-order valence-electron chi connectivity index (χ0n) is 15.3. The predicted molar refractivity (Wildman–Crippen MR) is 105 cm³/mol. The standard InChI is InChI=1S/C20H29N5O/c26-16-9-3-1-6-13-22-19-17(18-11-5-8-12-21-18)15-24-20(25-19)23-14-7-2-4-10-16/h5,8,11-12,15-16,26H,1-4,6-7,9-10,13-14H2,(H2,22,23,24,25). The van der Waals surface area contributed by atoms with E-state index in [0.717, 1.165) is 81.5 Å². The molecular formula is C20H29N5O. The van der Waals surface area contributed by atoms with Crippen LogP contribution in [0.1, 0.15) is 51.4 Å². The smallest absolute Gasteiger partial charge is 0.224 e. The first-order chi connectivity index (χ1) is 12.8. The summed E-state index contributed by atoms with van der Waals surface area (Å²) in [6.45, 7) is 1.70. The highest BCUT2D eigenvalue weighted by Crippen LogP contribution is 2.25. The molecule has 140 valence electrons. The number of aliphatic hydroxyl groups excluding tert-OH is 1. The Morgan fingerprint density at radius 1 is 0.885 bits per heavy atom. The molecule has 0 spiro atoms. The minimum atomic E-state index is -0.143. The SMILES string of the molecule is OC1CCCCCNc2ncc(-c3ccccn3)c(n2)NCCCCC1. The first-order valence-corrected chi connectivity index (χ1v) is 9.77. The van der Waals surface area contributed by atoms with E-state index in [9.17, 15) is 5.11 Å². The quantitative estimate of drug-likeness (QED) is 0.720. The number of nitrogens with one attached hydrogen (secondary N) is 2. The molecule has 2 aromatic heterocycles. The maximum Gasteiger partial charge on any atom is 0.224 e. The summed E-state index contributed by atoms with van der Waals surface area (Å²) in [5, 5.41) is 16.8.